The Morgan fingerprint density at radius 3 is 2.81 bits per heavy atom. The van der Waals surface area contributed by atoms with E-state index in [2.05, 4.69) is 24.2 Å². The molecule has 90 valence electrons. The molecular weight excluding hydrogens is 240 g/mol. The second kappa shape index (κ2) is 4.98. The Balaban J connectivity index is 2.06. The van der Waals surface area contributed by atoms with E-state index in [0.29, 0.717) is 10.5 Å². The second-order valence-electron chi connectivity index (χ2n) is 4.23. The van der Waals surface area contributed by atoms with Crippen molar-refractivity contribution < 1.29 is 0 Å². The third kappa shape index (κ3) is 2.38. The average molecular weight is 258 g/mol. The first-order valence-corrected chi connectivity index (χ1v) is 7.46. The van der Waals surface area contributed by atoms with Gasteiger partial charge >= 0.3 is 0 Å². The van der Waals surface area contributed by atoms with Crippen LogP contribution >= 0.6 is 23.5 Å². The van der Waals surface area contributed by atoms with E-state index in [9.17, 15) is 0 Å². The first-order chi connectivity index (χ1) is 7.59. The number of rotatable bonds is 2. The molecule has 1 aliphatic heterocycles. The van der Waals surface area contributed by atoms with Gasteiger partial charge in [0, 0.05) is 28.6 Å². The average Bonchev–Trinajstić information content (AvgIpc) is 2.67. The van der Waals surface area contributed by atoms with Gasteiger partial charge < -0.3 is 5.73 Å². The summed E-state index contributed by atoms with van der Waals surface area (Å²) in [5, 5.41) is 9.68. The predicted molar refractivity (Wildman–Crippen MR) is 70.7 cm³/mol. The van der Waals surface area contributed by atoms with Gasteiger partial charge in [0.25, 0.3) is 0 Å². The van der Waals surface area contributed by atoms with Gasteiger partial charge in [0.15, 0.2) is 0 Å². The first-order valence-electron chi connectivity index (χ1n) is 5.47. The zero-order chi connectivity index (χ0) is 11.7. The van der Waals surface area contributed by atoms with Crippen LogP contribution in [0.25, 0.3) is 0 Å². The topological polar surface area (TPSA) is 56.7 Å². The van der Waals surface area contributed by atoms with E-state index < -0.39 is 0 Å². The zero-order valence-electron chi connectivity index (χ0n) is 9.83. The highest BCUT2D eigenvalue weighted by atomic mass is 32.2. The molecule has 1 aliphatic rings. The molecule has 0 aliphatic carbocycles. The van der Waals surface area contributed by atoms with Crippen molar-refractivity contribution in [2.45, 2.75) is 35.6 Å². The molecular formula is C10H18N4S2. The number of hydrogen-bond acceptors (Lipinski definition) is 5. The van der Waals surface area contributed by atoms with Gasteiger partial charge in [0.2, 0.25) is 0 Å². The summed E-state index contributed by atoms with van der Waals surface area (Å²) in [6.45, 7) is 4.57. The van der Waals surface area contributed by atoms with Crippen LogP contribution in [0, 0.1) is 0 Å². The normalized spacial score (nSPS) is 32.6. The van der Waals surface area contributed by atoms with Crippen LogP contribution in [0.2, 0.25) is 0 Å². The van der Waals surface area contributed by atoms with E-state index in [-0.39, 0.29) is 6.04 Å². The number of aromatic nitrogens is 3. The van der Waals surface area contributed by atoms with Crippen LogP contribution in [-0.4, -0.2) is 36.5 Å². The number of thioether (sulfide) groups is 2. The van der Waals surface area contributed by atoms with Crippen LogP contribution in [-0.2, 0) is 7.05 Å². The minimum Gasteiger partial charge on any atom is -0.322 e. The largest absolute Gasteiger partial charge is 0.322 e. The second-order valence-corrected chi connectivity index (χ2v) is 7.26. The van der Waals surface area contributed by atoms with E-state index in [1.165, 1.54) is 0 Å². The molecule has 0 amide bonds. The standard InChI is InChI=1S/C10H18N4S2/c1-6-7(2)16-9(5-15-6)10(11)8-4-12-13-14(8)3/h4,6-7,9-10H,5,11H2,1-3H3. The highest BCUT2D eigenvalue weighted by Gasteiger charge is 2.31. The third-order valence-corrected chi connectivity index (χ3v) is 6.58. The molecule has 4 unspecified atom stereocenters. The maximum Gasteiger partial charge on any atom is 0.0762 e. The highest BCUT2D eigenvalue weighted by Crippen LogP contribution is 2.39. The van der Waals surface area contributed by atoms with Crippen molar-refractivity contribution in [3.05, 3.63) is 11.9 Å². The smallest absolute Gasteiger partial charge is 0.0762 e. The van der Waals surface area contributed by atoms with Gasteiger partial charge in [-0.2, -0.15) is 23.5 Å². The Morgan fingerprint density at radius 1 is 1.50 bits per heavy atom. The summed E-state index contributed by atoms with van der Waals surface area (Å²) in [4.78, 5) is 0. The molecule has 4 nitrogen and oxygen atoms in total. The van der Waals surface area contributed by atoms with Crippen molar-refractivity contribution in [1.29, 1.82) is 0 Å². The van der Waals surface area contributed by atoms with Gasteiger partial charge in [0.05, 0.1) is 17.9 Å². The number of nitrogens with two attached hydrogens (primary N) is 1. The van der Waals surface area contributed by atoms with Gasteiger partial charge in [-0.1, -0.05) is 19.1 Å². The Morgan fingerprint density at radius 2 is 2.25 bits per heavy atom. The Bertz CT molecular complexity index is 354. The summed E-state index contributed by atoms with van der Waals surface area (Å²) in [5.74, 6) is 1.11. The van der Waals surface area contributed by atoms with Gasteiger partial charge in [0.1, 0.15) is 0 Å². The van der Waals surface area contributed by atoms with E-state index >= 15 is 0 Å². The third-order valence-electron chi connectivity index (χ3n) is 3.07. The van der Waals surface area contributed by atoms with Gasteiger partial charge in [-0.15, -0.1) is 5.10 Å². The van der Waals surface area contributed by atoms with Crippen LogP contribution in [0.1, 0.15) is 25.6 Å². The molecule has 2 rings (SSSR count). The van der Waals surface area contributed by atoms with E-state index in [1.807, 2.05) is 30.6 Å². The van der Waals surface area contributed by atoms with Crippen molar-refractivity contribution in [3.8, 4) is 0 Å². The maximum absolute atomic E-state index is 6.29. The molecule has 1 aromatic heterocycles. The van der Waals surface area contributed by atoms with Gasteiger partial charge in [-0.25, -0.2) is 0 Å². The number of nitrogens with zero attached hydrogens (tertiary/aromatic N) is 3. The Hall–Kier alpha value is -0.200. The van der Waals surface area contributed by atoms with Crippen molar-refractivity contribution in [1.82, 2.24) is 15.0 Å². The van der Waals surface area contributed by atoms with E-state index in [0.717, 1.165) is 16.7 Å². The molecule has 1 saturated heterocycles. The lowest BCUT2D eigenvalue weighted by Crippen LogP contribution is -2.35. The fourth-order valence-corrected chi connectivity index (χ4v) is 4.82. The summed E-state index contributed by atoms with van der Waals surface area (Å²) >= 11 is 4.01. The summed E-state index contributed by atoms with van der Waals surface area (Å²) in [5.41, 5.74) is 7.32. The maximum atomic E-state index is 6.29. The lowest BCUT2D eigenvalue weighted by atomic mass is 10.2. The number of aryl methyl sites for hydroxylation is 1. The molecule has 1 fully saturated rings. The molecule has 0 bridgehead atoms. The Kier molecular flexibility index (Phi) is 3.81. The summed E-state index contributed by atoms with van der Waals surface area (Å²) < 4.78 is 1.78. The van der Waals surface area contributed by atoms with E-state index in [4.69, 9.17) is 5.73 Å². The fourth-order valence-electron chi connectivity index (χ4n) is 1.79. The Labute approximate surface area is 105 Å². The molecule has 0 spiro atoms. The molecule has 1 aromatic rings. The predicted octanol–water partition coefficient (Wildman–Crippen LogP) is 1.44. The summed E-state index contributed by atoms with van der Waals surface area (Å²) in [7, 11) is 1.90. The first kappa shape index (κ1) is 12.3. The van der Waals surface area contributed by atoms with Crippen LogP contribution in [0.3, 0.4) is 0 Å². The van der Waals surface area contributed by atoms with Crippen LogP contribution in [0.15, 0.2) is 6.20 Å². The molecule has 0 saturated carbocycles. The molecule has 0 radical (unpaired) electrons. The minimum atomic E-state index is 0.0347. The highest BCUT2D eigenvalue weighted by molar-refractivity contribution is 8.07. The quantitative estimate of drug-likeness (QED) is 0.870. The zero-order valence-corrected chi connectivity index (χ0v) is 11.5. The van der Waals surface area contributed by atoms with Crippen molar-refractivity contribution >= 4 is 23.5 Å². The molecule has 2 N–H and O–H groups in total. The van der Waals surface area contributed by atoms with Crippen LogP contribution in [0.5, 0.6) is 0 Å². The summed E-state index contributed by atoms with van der Waals surface area (Å²) in [6, 6.07) is 0.0347. The summed E-state index contributed by atoms with van der Waals surface area (Å²) in [6.07, 6.45) is 1.78. The van der Waals surface area contributed by atoms with Crippen LogP contribution in [0.4, 0.5) is 0 Å². The fraction of sp³-hybridized carbons (Fsp3) is 0.800. The lowest BCUT2D eigenvalue weighted by molar-refractivity contribution is 0.604. The van der Waals surface area contributed by atoms with Gasteiger partial charge in [-0.05, 0) is 0 Å². The monoisotopic (exact) mass is 258 g/mol. The SMILES string of the molecule is CC1SCC(C(N)c2cnnn2C)SC1C. The minimum absolute atomic E-state index is 0.0347. The number of hydrogen-bond donors (Lipinski definition) is 1. The molecule has 4 atom stereocenters. The van der Waals surface area contributed by atoms with Gasteiger partial charge in [-0.3, -0.25) is 4.68 Å². The molecule has 16 heavy (non-hydrogen) atoms. The van der Waals surface area contributed by atoms with Crippen molar-refractivity contribution in [2.24, 2.45) is 12.8 Å². The van der Waals surface area contributed by atoms with Crippen molar-refractivity contribution in [3.63, 3.8) is 0 Å². The van der Waals surface area contributed by atoms with Crippen molar-refractivity contribution in [2.75, 3.05) is 5.75 Å². The lowest BCUT2D eigenvalue weighted by Gasteiger charge is -2.34. The molecule has 0 aromatic carbocycles. The molecule has 6 heteroatoms. The molecule has 2 heterocycles. The van der Waals surface area contributed by atoms with E-state index in [1.54, 1.807) is 10.9 Å². The van der Waals surface area contributed by atoms with Crippen LogP contribution < -0.4 is 5.73 Å².